The number of hydrazone groups is 1. The highest BCUT2D eigenvalue weighted by atomic mass is 16.6. The molecular formula is C25H21N5O4. The van der Waals surface area contributed by atoms with Gasteiger partial charge in [0.05, 0.1) is 17.7 Å². The van der Waals surface area contributed by atoms with Crippen LogP contribution in [0.5, 0.6) is 5.75 Å². The first-order chi connectivity index (χ1) is 16.6. The first-order valence-electron chi connectivity index (χ1n) is 10.4. The van der Waals surface area contributed by atoms with Crippen molar-refractivity contribution in [3.8, 4) is 5.75 Å². The molecule has 0 bridgehead atoms. The molecule has 34 heavy (non-hydrogen) atoms. The molecule has 0 spiro atoms. The van der Waals surface area contributed by atoms with E-state index < -0.39 is 10.8 Å². The van der Waals surface area contributed by atoms with Gasteiger partial charge in [-0.25, -0.2) is 5.43 Å². The third kappa shape index (κ3) is 5.92. The van der Waals surface area contributed by atoms with Crippen LogP contribution in [0.4, 0.5) is 5.69 Å². The molecule has 9 heteroatoms. The van der Waals surface area contributed by atoms with E-state index in [1.165, 1.54) is 18.3 Å². The summed E-state index contributed by atoms with van der Waals surface area (Å²) >= 11 is 0. The van der Waals surface area contributed by atoms with Crippen LogP contribution in [0.3, 0.4) is 0 Å². The zero-order chi connectivity index (χ0) is 23.8. The van der Waals surface area contributed by atoms with Crippen LogP contribution in [0.25, 0.3) is 0 Å². The van der Waals surface area contributed by atoms with Gasteiger partial charge < -0.3 is 4.74 Å². The van der Waals surface area contributed by atoms with Gasteiger partial charge in [0.25, 0.3) is 11.6 Å². The molecule has 0 saturated heterocycles. The summed E-state index contributed by atoms with van der Waals surface area (Å²) in [5, 5.41) is 19.0. The number of benzene rings is 3. The lowest BCUT2D eigenvalue weighted by molar-refractivity contribution is -0.384. The fourth-order valence-electron chi connectivity index (χ4n) is 3.15. The van der Waals surface area contributed by atoms with Crippen molar-refractivity contribution in [3.05, 3.63) is 124 Å². The van der Waals surface area contributed by atoms with E-state index in [0.29, 0.717) is 18.9 Å². The van der Waals surface area contributed by atoms with Crippen molar-refractivity contribution in [2.75, 3.05) is 0 Å². The smallest absolute Gasteiger partial charge is 0.291 e. The molecule has 3 aromatic carbocycles. The molecule has 0 saturated carbocycles. The number of ether oxygens (including phenoxy) is 1. The van der Waals surface area contributed by atoms with E-state index in [-0.39, 0.29) is 11.4 Å². The van der Waals surface area contributed by atoms with Crippen LogP contribution in [0.15, 0.2) is 96.2 Å². The number of hydrogen-bond acceptors (Lipinski definition) is 6. The van der Waals surface area contributed by atoms with Gasteiger partial charge in [-0.15, -0.1) is 0 Å². The molecule has 1 aromatic heterocycles. The monoisotopic (exact) mass is 455 g/mol. The Balaban J connectivity index is 1.34. The Kier molecular flexibility index (Phi) is 7.04. The fourth-order valence-corrected chi connectivity index (χ4v) is 3.15. The molecule has 0 aliphatic carbocycles. The van der Waals surface area contributed by atoms with E-state index >= 15 is 0 Å². The molecule has 4 rings (SSSR count). The van der Waals surface area contributed by atoms with Crippen LogP contribution < -0.4 is 10.2 Å². The van der Waals surface area contributed by atoms with Gasteiger partial charge in [0, 0.05) is 23.9 Å². The van der Waals surface area contributed by atoms with Gasteiger partial charge in [-0.3, -0.25) is 19.6 Å². The van der Waals surface area contributed by atoms with Crippen molar-refractivity contribution in [3.63, 3.8) is 0 Å². The number of carbonyl (C=O) groups excluding carboxylic acids is 1. The number of para-hydroxylation sites is 1. The largest absolute Gasteiger partial charge is 0.488 e. The summed E-state index contributed by atoms with van der Waals surface area (Å²) in [5.41, 5.74) is 5.29. The number of hydrogen-bond donors (Lipinski definition) is 1. The minimum absolute atomic E-state index is 0.0224. The minimum atomic E-state index is -0.457. The Labute approximate surface area is 195 Å². The van der Waals surface area contributed by atoms with Crippen molar-refractivity contribution in [2.24, 2.45) is 5.10 Å². The van der Waals surface area contributed by atoms with Gasteiger partial charge in [0.1, 0.15) is 12.4 Å². The van der Waals surface area contributed by atoms with Crippen LogP contribution in [-0.4, -0.2) is 26.8 Å². The molecule has 1 N–H and O–H groups in total. The lowest BCUT2D eigenvalue weighted by atomic mass is 10.2. The Bertz CT molecular complexity index is 1300. The Morgan fingerprint density at radius 1 is 1.00 bits per heavy atom. The highest BCUT2D eigenvalue weighted by molar-refractivity contribution is 5.93. The van der Waals surface area contributed by atoms with Crippen molar-refractivity contribution in [1.82, 2.24) is 15.2 Å². The molecule has 0 radical (unpaired) electrons. The standard InChI is InChI=1S/C25H21N5O4/c31-25(23-14-15-29(28-23)17-19-10-12-22(13-11-19)30(32)33)27-26-16-21-8-4-5-9-24(21)34-18-20-6-2-1-3-7-20/h1-16H,17-18H2,(H,27,31). The van der Waals surface area contributed by atoms with Crippen LogP contribution in [-0.2, 0) is 13.2 Å². The summed E-state index contributed by atoms with van der Waals surface area (Å²) in [5.74, 6) is 0.193. The molecule has 1 heterocycles. The summed E-state index contributed by atoms with van der Waals surface area (Å²) in [7, 11) is 0. The van der Waals surface area contributed by atoms with Crippen molar-refractivity contribution >= 4 is 17.8 Å². The molecule has 0 atom stereocenters. The number of non-ortho nitro benzene ring substituents is 1. The summed E-state index contributed by atoms with van der Waals surface area (Å²) in [6, 6.07) is 25.0. The average molecular weight is 455 g/mol. The summed E-state index contributed by atoms with van der Waals surface area (Å²) in [6.07, 6.45) is 3.18. The lowest BCUT2D eigenvalue weighted by Gasteiger charge is -2.08. The number of amides is 1. The first kappa shape index (κ1) is 22.4. The van der Waals surface area contributed by atoms with Crippen molar-refractivity contribution in [1.29, 1.82) is 0 Å². The molecule has 0 fully saturated rings. The number of carbonyl (C=O) groups is 1. The van der Waals surface area contributed by atoms with Gasteiger partial charge in [0.15, 0.2) is 5.69 Å². The predicted octanol–water partition coefficient (Wildman–Crippen LogP) is 4.18. The molecule has 170 valence electrons. The SMILES string of the molecule is O=C(NN=Cc1ccccc1OCc1ccccc1)c1ccn(Cc2ccc([N+](=O)[O-])cc2)n1. The summed E-state index contributed by atoms with van der Waals surface area (Å²) in [4.78, 5) is 22.7. The van der Waals surface area contributed by atoms with E-state index in [1.807, 2.05) is 54.6 Å². The number of nitrogens with zero attached hydrogens (tertiary/aromatic N) is 4. The quantitative estimate of drug-likeness (QED) is 0.231. The predicted molar refractivity (Wildman–Crippen MR) is 127 cm³/mol. The van der Waals surface area contributed by atoms with Crippen LogP contribution in [0.2, 0.25) is 0 Å². The second-order valence-corrected chi connectivity index (χ2v) is 7.33. The van der Waals surface area contributed by atoms with Crippen molar-refractivity contribution < 1.29 is 14.5 Å². The van der Waals surface area contributed by atoms with Crippen LogP contribution in [0, 0.1) is 10.1 Å². The minimum Gasteiger partial charge on any atom is -0.488 e. The second-order valence-electron chi connectivity index (χ2n) is 7.33. The second kappa shape index (κ2) is 10.7. The number of nitrogens with one attached hydrogen (secondary N) is 1. The number of nitro benzene ring substituents is 1. The molecule has 9 nitrogen and oxygen atoms in total. The zero-order valence-electron chi connectivity index (χ0n) is 18.1. The molecule has 1 amide bonds. The van der Waals surface area contributed by atoms with Crippen LogP contribution in [0.1, 0.15) is 27.2 Å². The Hall–Kier alpha value is -4.79. The topological polar surface area (TPSA) is 112 Å². The molecular weight excluding hydrogens is 434 g/mol. The van der Waals surface area contributed by atoms with E-state index in [4.69, 9.17) is 4.74 Å². The van der Waals surface area contributed by atoms with Gasteiger partial charge >= 0.3 is 0 Å². The third-order valence-electron chi connectivity index (χ3n) is 4.89. The van der Waals surface area contributed by atoms with Crippen molar-refractivity contribution in [2.45, 2.75) is 13.2 Å². The number of nitro groups is 1. The third-order valence-corrected chi connectivity index (χ3v) is 4.89. The van der Waals surface area contributed by atoms with Gasteiger partial charge in [-0.2, -0.15) is 10.2 Å². The number of aromatic nitrogens is 2. The van der Waals surface area contributed by atoms with Gasteiger partial charge in [-0.05, 0) is 29.3 Å². The summed E-state index contributed by atoms with van der Waals surface area (Å²) in [6.45, 7) is 0.797. The fraction of sp³-hybridized carbons (Fsp3) is 0.0800. The lowest BCUT2D eigenvalue weighted by Crippen LogP contribution is -2.18. The molecule has 0 aliphatic heterocycles. The summed E-state index contributed by atoms with van der Waals surface area (Å²) < 4.78 is 7.46. The highest BCUT2D eigenvalue weighted by Crippen LogP contribution is 2.17. The maximum Gasteiger partial charge on any atom is 0.291 e. The Morgan fingerprint density at radius 3 is 2.50 bits per heavy atom. The molecule has 4 aromatic rings. The molecule has 0 unspecified atom stereocenters. The highest BCUT2D eigenvalue weighted by Gasteiger charge is 2.10. The van der Waals surface area contributed by atoms with E-state index in [2.05, 4.69) is 15.6 Å². The Morgan fingerprint density at radius 2 is 1.74 bits per heavy atom. The van der Waals surface area contributed by atoms with E-state index in [1.54, 1.807) is 29.1 Å². The van der Waals surface area contributed by atoms with Gasteiger partial charge in [0.2, 0.25) is 0 Å². The van der Waals surface area contributed by atoms with E-state index in [9.17, 15) is 14.9 Å². The van der Waals surface area contributed by atoms with Crippen LogP contribution >= 0.6 is 0 Å². The zero-order valence-corrected chi connectivity index (χ0v) is 18.1. The maximum absolute atomic E-state index is 12.4. The van der Waals surface area contributed by atoms with Gasteiger partial charge in [-0.1, -0.05) is 54.6 Å². The first-order valence-corrected chi connectivity index (χ1v) is 10.4. The van der Waals surface area contributed by atoms with E-state index in [0.717, 1.165) is 16.7 Å². The molecule has 0 aliphatic rings. The number of rotatable bonds is 9. The average Bonchev–Trinajstić information content (AvgIpc) is 3.33. The normalized spacial score (nSPS) is 10.8. The maximum atomic E-state index is 12.4.